The van der Waals surface area contributed by atoms with Crippen LogP contribution in [0.1, 0.15) is 10.4 Å². The van der Waals surface area contributed by atoms with E-state index in [0.29, 0.717) is 49.1 Å². The fraction of sp³-hybridized carbons (Fsp3) is 0.333. The molecule has 0 unspecified atom stereocenters. The number of rotatable bonds is 5. The zero-order valence-corrected chi connectivity index (χ0v) is 15.1. The van der Waals surface area contributed by atoms with Gasteiger partial charge in [0.15, 0.2) is 0 Å². The third kappa shape index (κ3) is 3.91. The van der Waals surface area contributed by atoms with Gasteiger partial charge in [-0.05, 0) is 18.2 Å². The molecule has 3 rings (SSSR count). The predicted octanol–water partition coefficient (Wildman–Crippen LogP) is 1.97. The number of anilines is 1. The normalized spacial score (nSPS) is 14.0. The van der Waals surface area contributed by atoms with Crippen molar-refractivity contribution in [2.24, 2.45) is 0 Å². The number of carbonyl (C=O) groups is 1. The molecule has 9 nitrogen and oxygen atoms in total. The number of ether oxygens (including phenoxy) is 2. The summed E-state index contributed by atoms with van der Waals surface area (Å²) in [4.78, 5) is 31.3. The summed E-state index contributed by atoms with van der Waals surface area (Å²) in [7, 11) is 3.06. The number of nitrogens with zero attached hydrogens (tertiary/aromatic N) is 4. The highest BCUT2D eigenvalue weighted by molar-refractivity contribution is 5.95. The number of amides is 1. The van der Waals surface area contributed by atoms with Gasteiger partial charge in [0.25, 0.3) is 5.91 Å². The van der Waals surface area contributed by atoms with Crippen molar-refractivity contribution in [2.45, 2.75) is 0 Å². The van der Waals surface area contributed by atoms with Crippen LogP contribution < -0.4 is 14.4 Å². The minimum atomic E-state index is -0.442. The largest absolute Gasteiger partial charge is 0.497 e. The zero-order chi connectivity index (χ0) is 19.4. The van der Waals surface area contributed by atoms with Crippen LogP contribution in [0.5, 0.6) is 11.5 Å². The SMILES string of the molecule is COc1cc(OC)cc(C(=O)N2CCN(c3ncccc3[N+](=O)[O-])CC2)c1. The van der Waals surface area contributed by atoms with E-state index in [1.165, 1.54) is 32.5 Å². The minimum absolute atomic E-state index is 0.0326. The van der Waals surface area contributed by atoms with Crippen molar-refractivity contribution in [1.29, 1.82) is 0 Å². The van der Waals surface area contributed by atoms with Crippen LogP contribution in [0.15, 0.2) is 36.5 Å². The summed E-state index contributed by atoms with van der Waals surface area (Å²) < 4.78 is 10.4. The molecule has 0 spiro atoms. The average Bonchev–Trinajstić information content (AvgIpc) is 2.72. The van der Waals surface area contributed by atoms with Gasteiger partial charge in [-0.15, -0.1) is 0 Å². The first kappa shape index (κ1) is 18.4. The summed E-state index contributed by atoms with van der Waals surface area (Å²) in [5.41, 5.74) is 0.443. The van der Waals surface area contributed by atoms with Gasteiger partial charge in [0.05, 0.1) is 19.1 Å². The van der Waals surface area contributed by atoms with Crippen molar-refractivity contribution in [1.82, 2.24) is 9.88 Å². The number of hydrogen-bond donors (Lipinski definition) is 0. The summed E-state index contributed by atoms with van der Waals surface area (Å²) in [6.45, 7) is 1.80. The molecule has 1 aliphatic rings. The van der Waals surface area contributed by atoms with Crippen molar-refractivity contribution < 1.29 is 19.2 Å². The standard InChI is InChI=1S/C18H20N4O5/c1-26-14-10-13(11-15(12-14)27-2)18(23)21-8-6-20(7-9-21)17-16(22(24)25)4-3-5-19-17/h3-5,10-12H,6-9H2,1-2H3. The Kier molecular flexibility index (Phi) is 5.39. The highest BCUT2D eigenvalue weighted by Crippen LogP contribution is 2.27. The van der Waals surface area contributed by atoms with Gasteiger partial charge < -0.3 is 19.3 Å². The molecule has 2 aromatic rings. The van der Waals surface area contributed by atoms with Crippen LogP contribution in [0, 0.1) is 10.1 Å². The van der Waals surface area contributed by atoms with E-state index < -0.39 is 4.92 Å². The van der Waals surface area contributed by atoms with Crippen molar-refractivity contribution >= 4 is 17.4 Å². The van der Waals surface area contributed by atoms with E-state index in [9.17, 15) is 14.9 Å². The van der Waals surface area contributed by atoms with Crippen LogP contribution in [-0.4, -0.2) is 61.1 Å². The lowest BCUT2D eigenvalue weighted by molar-refractivity contribution is -0.384. The van der Waals surface area contributed by atoms with Crippen LogP contribution in [-0.2, 0) is 0 Å². The average molecular weight is 372 g/mol. The number of carbonyl (C=O) groups excluding carboxylic acids is 1. The third-order valence-electron chi connectivity index (χ3n) is 4.43. The monoisotopic (exact) mass is 372 g/mol. The first-order valence-electron chi connectivity index (χ1n) is 8.40. The molecule has 1 amide bonds. The lowest BCUT2D eigenvalue weighted by atomic mass is 10.1. The second-order valence-electron chi connectivity index (χ2n) is 5.98. The number of benzene rings is 1. The molecule has 1 aliphatic heterocycles. The minimum Gasteiger partial charge on any atom is -0.497 e. The first-order valence-corrected chi connectivity index (χ1v) is 8.40. The second-order valence-corrected chi connectivity index (χ2v) is 5.98. The van der Waals surface area contributed by atoms with E-state index in [2.05, 4.69) is 4.98 Å². The van der Waals surface area contributed by atoms with Gasteiger partial charge >= 0.3 is 5.69 Å². The Morgan fingerprint density at radius 2 is 1.74 bits per heavy atom. The molecule has 9 heteroatoms. The fourth-order valence-corrected chi connectivity index (χ4v) is 3.01. The number of aromatic nitrogens is 1. The topological polar surface area (TPSA) is 98.0 Å². The number of pyridine rings is 1. The lowest BCUT2D eigenvalue weighted by Gasteiger charge is -2.35. The van der Waals surface area contributed by atoms with Crippen molar-refractivity contribution in [3.63, 3.8) is 0 Å². The summed E-state index contributed by atoms with van der Waals surface area (Å²) in [6, 6.07) is 8.01. The van der Waals surface area contributed by atoms with Gasteiger partial charge in [0.1, 0.15) is 11.5 Å². The smallest absolute Gasteiger partial charge is 0.311 e. The molecular formula is C18H20N4O5. The van der Waals surface area contributed by atoms with Crippen LogP contribution in [0.4, 0.5) is 11.5 Å². The molecular weight excluding hydrogens is 352 g/mol. The quantitative estimate of drug-likeness (QED) is 0.584. The van der Waals surface area contributed by atoms with Gasteiger partial charge in [0, 0.05) is 50.1 Å². The number of nitro groups is 1. The highest BCUT2D eigenvalue weighted by Gasteiger charge is 2.27. The number of piperazine rings is 1. The Balaban J connectivity index is 1.73. The van der Waals surface area contributed by atoms with Crippen LogP contribution in [0.3, 0.4) is 0 Å². The maximum Gasteiger partial charge on any atom is 0.311 e. The molecule has 142 valence electrons. The molecule has 0 radical (unpaired) electrons. The van der Waals surface area contributed by atoms with Crippen molar-refractivity contribution in [2.75, 3.05) is 45.3 Å². The predicted molar refractivity (Wildman–Crippen MR) is 98.6 cm³/mol. The summed E-state index contributed by atoms with van der Waals surface area (Å²) >= 11 is 0. The third-order valence-corrected chi connectivity index (χ3v) is 4.43. The maximum absolute atomic E-state index is 12.8. The molecule has 1 fully saturated rings. The Morgan fingerprint density at radius 1 is 1.11 bits per heavy atom. The van der Waals surface area contributed by atoms with Gasteiger partial charge in [0.2, 0.25) is 5.82 Å². The first-order chi connectivity index (χ1) is 13.0. The maximum atomic E-state index is 12.8. The summed E-state index contributed by atoms with van der Waals surface area (Å²) in [5.74, 6) is 1.28. The molecule has 0 bridgehead atoms. The molecule has 0 aliphatic carbocycles. The summed E-state index contributed by atoms with van der Waals surface area (Å²) in [5, 5.41) is 11.2. The molecule has 1 saturated heterocycles. The van der Waals surface area contributed by atoms with Gasteiger partial charge in [-0.25, -0.2) is 4.98 Å². The molecule has 2 heterocycles. The molecule has 1 aromatic carbocycles. The van der Waals surface area contributed by atoms with Crippen LogP contribution in [0.25, 0.3) is 0 Å². The Morgan fingerprint density at radius 3 is 2.30 bits per heavy atom. The molecule has 0 saturated carbocycles. The fourth-order valence-electron chi connectivity index (χ4n) is 3.01. The molecule has 27 heavy (non-hydrogen) atoms. The van der Waals surface area contributed by atoms with E-state index >= 15 is 0 Å². The van der Waals surface area contributed by atoms with E-state index in [0.717, 1.165) is 0 Å². The van der Waals surface area contributed by atoms with E-state index in [1.54, 1.807) is 23.1 Å². The molecule has 0 atom stereocenters. The number of hydrogen-bond acceptors (Lipinski definition) is 7. The zero-order valence-electron chi connectivity index (χ0n) is 15.1. The summed E-state index contributed by atoms with van der Waals surface area (Å²) in [6.07, 6.45) is 1.53. The van der Waals surface area contributed by atoms with E-state index in [-0.39, 0.29) is 11.6 Å². The Labute approximate surface area is 156 Å². The number of methoxy groups -OCH3 is 2. The lowest BCUT2D eigenvalue weighted by Crippen LogP contribution is -2.49. The van der Waals surface area contributed by atoms with E-state index in [4.69, 9.17) is 9.47 Å². The van der Waals surface area contributed by atoms with Gasteiger partial charge in [-0.3, -0.25) is 14.9 Å². The van der Waals surface area contributed by atoms with Crippen molar-refractivity contribution in [3.05, 3.63) is 52.2 Å². The Bertz CT molecular complexity index is 827. The van der Waals surface area contributed by atoms with Crippen molar-refractivity contribution in [3.8, 4) is 11.5 Å². The Hall–Kier alpha value is -3.36. The molecule has 1 aromatic heterocycles. The second kappa shape index (κ2) is 7.90. The van der Waals surface area contributed by atoms with Crippen LogP contribution in [0.2, 0.25) is 0 Å². The highest BCUT2D eigenvalue weighted by atomic mass is 16.6. The van der Waals surface area contributed by atoms with Crippen LogP contribution >= 0.6 is 0 Å². The van der Waals surface area contributed by atoms with Gasteiger partial charge in [-0.1, -0.05) is 0 Å². The van der Waals surface area contributed by atoms with E-state index in [1.807, 2.05) is 4.90 Å². The van der Waals surface area contributed by atoms with Gasteiger partial charge in [-0.2, -0.15) is 0 Å². The molecule has 0 N–H and O–H groups in total.